The van der Waals surface area contributed by atoms with Crippen LogP contribution < -0.4 is 20.1 Å². The molecule has 0 aliphatic carbocycles. The van der Waals surface area contributed by atoms with Gasteiger partial charge < -0.3 is 14.8 Å². The molecule has 196 valence electrons. The average molecular weight is 606 g/mol. The highest BCUT2D eigenvalue weighted by Gasteiger charge is 2.14. The van der Waals surface area contributed by atoms with Crippen molar-refractivity contribution in [3.63, 3.8) is 0 Å². The number of carbonyl (C=O) groups is 2. The molecule has 0 radical (unpaired) electrons. The van der Waals surface area contributed by atoms with Crippen LogP contribution in [0.15, 0.2) is 76.3 Å². The lowest BCUT2D eigenvalue weighted by molar-refractivity contribution is -0.118. The Bertz CT molecular complexity index is 1770. The molecule has 3 aromatic heterocycles. The van der Waals surface area contributed by atoms with Crippen molar-refractivity contribution in [3.05, 3.63) is 97.5 Å². The fourth-order valence-corrected chi connectivity index (χ4v) is 4.88. The average Bonchev–Trinajstić information content (AvgIpc) is 3.48. The molecule has 0 unspecified atom stereocenters. The molecule has 5 aromatic rings. The molecule has 3 heterocycles. The quantitative estimate of drug-likeness (QED) is 0.265. The first-order valence-corrected chi connectivity index (χ1v) is 13.3. The minimum absolute atomic E-state index is 0.267. The lowest BCUT2D eigenvalue weighted by Crippen LogP contribution is -2.24. The summed E-state index contributed by atoms with van der Waals surface area (Å²) in [6, 6.07) is 15.2. The van der Waals surface area contributed by atoms with Crippen LogP contribution >= 0.6 is 27.3 Å². The van der Waals surface area contributed by atoms with Crippen LogP contribution in [0.2, 0.25) is 0 Å². The Labute approximate surface area is 234 Å². The van der Waals surface area contributed by atoms with Crippen molar-refractivity contribution in [1.29, 1.82) is 0 Å². The van der Waals surface area contributed by atoms with Gasteiger partial charge in [0.05, 0.1) is 16.7 Å². The van der Waals surface area contributed by atoms with Crippen molar-refractivity contribution in [2.24, 2.45) is 0 Å². The first-order valence-electron chi connectivity index (χ1n) is 11.7. The van der Waals surface area contributed by atoms with E-state index in [4.69, 9.17) is 9.47 Å². The lowest BCUT2D eigenvalue weighted by Gasteiger charge is -2.10. The molecule has 2 aromatic carbocycles. The molecular weight excluding hydrogens is 586 g/mol. The Balaban J connectivity index is 1.32. The number of carbonyl (C=O) groups excluding carboxylic acids is 2. The summed E-state index contributed by atoms with van der Waals surface area (Å²) in [6.45, 7) is 1.75. The number of aromatic nitrogens is 4. The summed E-state index contributed by atoms with van der Waals surface area (Å²) >= 11 is 4.65. The molecule has 0 fully saturated rings. The van der Waals surface area contributed by atoms with E-state index in [-0.39, 0.29) is 24.7 Å². The first kappa shape index (κ1) is 26.2. The maximum Gasteiger partial charge on any atom is 0.338 e. The number of amides is 1. The van der Waals surface area contributed by atoms with Gasteiger partial charge in [0.15, 0.2) is 12.4 Å². The summed E-state index contributed by atoms with van der Waals surface area (Å²) in [5, 5.41) is 7.07. The molecule has 0 aliphatic heterocycles. The van der Waals surface area contributed by atoms with Crippen molar-refractivity contribution >= 4 is 55.9 Å². The number of nitrogens with one attached hydrogen (secondary N) is 1. The number of esters is 1. The summed E-state index contributed by atoms with van der Waals surface area (Å²) in [6.07, 6.45) is 4.96. The number of pyridine rings is 1. The standard InChI is InChI=1S/C27H20BrN5O5S/c1-2-37-26(36)17-3-6-20(7-4-17)30-23(34)15-38-21-8-5-19(28)13-18(21)14-22-25(35)33-27(39-22)31-24(32-33)16-9-11-29-12-10-16/h3-14H,2,15H2,1H3,(H,30,34)/b22-14-. The zero-order chi connectivity index (χ0) is 27.4. The van der Waals surface area contributed by atoms with Gasteiger partial charge in [0.25, 0.3) is 11.5 Å². The highest BCUT2D eigenvalue weighted by Crippen LogP contribution is 2.24. The van der Waals surface area contributed by atoms with Crippen LogP contribution in [0.25, 0.3) is 22.4 Å². The van der Waals surface area contributed by atoms with Gasteiger partial charge in [-0.2, -0.15) is 9.50 Å². The van der Waals surface area contributed by atoms with Crippen molar-refractivity contribution in [3.8, 4) is 17.1 Å². The molecule has 5 rings (SSSR count). The second kappa shape index (κ2) is 11.5. The second-order valence-electron chi connectivity index (χ2n) is 8.10. The molecular formula is C27H20BrN5O5S. The predicted molar refractivity (Wildman–Crippen MR) is 150 cm³/mol. The maximum absolute atomic E-state index is 13.0. The Hall–Kier alpha value is -4.42. The van der Waals surface area contributed by atoms with Gasteiger partial charge in [0, 0.05) is 33.7 Å². The molecule has 0 saturated carbocycles. The van der Waals surface area contributed by atoms with E-state index >= 15 is 0 Å². The summed E-state index contributed by atoms with van der Waals surface area (Å²) in [7, 11) is 0. The SMILES string of the molecule is CCOC(=O)c1ccc(NC(=O)COc2ccc(Br)cc2/C=c2\sc3nc(-c4ccncc4)nn3c2=O)cc1. The van der Waals surface area contributed by atoms with E-state index in [0.29, 0.717) is 37.9 Å². The van der Waals surface area contributed by atoms with E-state index < -0.39 is 5.97 Å². The van der Waals surface area contributed by atoms with Gasteiger partial charge in [-0.1, -0.05) is 27.3 Å². The van der Waals surface area contributed by atoms with Crippen LogP contribution in [0.3, 0.4) is 0 Å². The van der Waals surface area contributed by atoms with E-state index in [9.17, 15) is 14.4 Å². The molecule has 10 nitrogen and oxygen atoms in total. The van der Waals surface area contributed by atoms with Gasteiger partial charge in [-0.3, -0.25) is 14.6 Å². The zero-order valence-corrected chi connectivity index (χ0v) is 22.9. The molecule has 0 atom stereocenters. The molecule has 12 heteroatoms. The van der Waals surface area contributed by atoms with Gasteiger partial charge in [0.2, 0.25) is 4.96 Å². The largest absolute Gasteiger partial charge is 0.483 e. The number of anilines is 1. The number of ether oxygens (including phenoxy) is 2. The summed E-state index contributed by atoms with van der Waals surface area (Å²) in [5.74, 6) is 0.0462. The first-order chi connectivity index (χ1) is 18.9. The minimum atomic E-state index is -0.428. The van der Waals surface area contributed by atoms with E-state index in [2.05, 4.69) is 36.3 Å². The van der Waals surface area contributed by atoms with Crippen LogP contribution in [0.5, 0.6) is 5.75 Å². The Morgan fingerprint density at radius 3 is 2.59 bits per heavy atom. The Kier molecular flexibility index (Phi) is 7.75. The van der Waals surface area contributed by atoms with E-state index in [1.807, 2.05) is 0 Å². The monoisotopic (exact) mass is 605 g/mol. The number of hydrogen-bond acceptors (Lipinski definition) is 9. The topological polar surface area (TPSA) is 125 Å². The lowest BCUT2D eigenvalue weighted by atomic mass is 10.2. The summed E-state index contributed by atoms with van der Waals surface area (Å²) in [4.78, 5) is 46.2. The van der Waals surface area contributed by atoms with Gasteiger partial charge in [-0.15, -0.1) is 5.10 Å². The van der Waals surface area contributed by atoms with Crippen molar-refractivity contribution in [1.82, 2.24) is 19.6 Å². The Morgan fingerprint density at radius 2 is 1.87 bits per heavy atom. The number of rotatable bonds is 8. The molecule has 0 spiro atoms. The van der Waals surface area contributed by atoms with E-state index in [1.54, 1.807) is 80.0 Å². The van der Waals surface area contributed by atoms with Crippen molar-refractivity contribution in [2.75, 3.05) is 18.5 Å². The molecule has 1 N–H and O–H groups in total. The number of nitrogens with zero attached hydrogens (tertiary/aromatic N) is 4. The van der Waals surface area contributed by atoms with Crippen LogP contribution in [-0.2, 0) is 9.53 Å². The number of hydrogen-bond donors (Lipinski definition) is 1. The number of benzene rings is 2. The molecule has 1 amide bonds. The molecule has 39 heavy (non-hydrogen) atoms. The second-order valence-corrected chi connectivity index (χ2v) is 10.0. The van der Waals surface area contributed by atoms with Gasteiger partial charge in [0.1, 0.15) is 5.75 Å². The third kappa shape index (κ3) is 6.02. The molecule has 0 aliphatic rings. The number of halogens is 1. The van der Waals surface area contributed by atoms with E-state index in [0.717, 1.165) is 10.0 Å². The minimum Gasteiger partial charge on any atom is -0.483 e. The normalized spacial score (nSPS) is 11.5. The Morgan fingerprint density at radius 1 is 1.10 bits per heavy atom. The van der Waals surface area contributed by atoms with Crippen LogP contribution in [-0.4, -0.2) is 44.7 Å². The van der Waals surface area contributed by atoms with Crippen molar-refractivity contribution in [2.45, 2.75) is 6.92 Å². The van der Waals surface area contributed by atoms with Crippen molar-refractivity contribution < 1.29 is 19.1 Å². The third-order valence-corrected chi connectivity index (χ3v) is 6.87. The molecule has 0 saturated heterocycles. The highest BCUT2D eigenvalue weighted by molar-refractivity contribution is 9.10. The summed E-state index contributed by atoms with van der Waals surface area (Å²) < 4.78 is 13.2. The fraction of sp³-hybridized carbons (Fsp3) is 0.111. The molecule has 0 bridgehead atoms. The van der Waals surface area contributed by atoms with Crippen LogP contribution in [0.1, 0.15) is 22.8 Å². The number of fused-ring (bicyclic) bond motifs is 1. The van der Waals surface area contributed by atoms with Gasteiger partial charge >= 0.3 is 5.97 Å². The van der Waals surface area contributed by atoms with Crippen LogP contribution in [0.4, 0.5) is 5.69 Å². The maximum atomic E-state index is 13.0. The van der Waals surface area contributed by atoms with E-state index in [1.165, 1.54) is 15.9 Å². The third-order valence-electron chi connectivity index (χ3n) is 5.42. The fourth-order valence-electron chi connectivity index (χ4n) is 3.61. The smallest absolute Gasteiger partial charge is 0.338 e. The predicted octanol–water partition coefficient (Wildman–Crippen LogP) is 3.72. The van der Waals surface area contributed by atoms with Gasteiger partial charge in [-0.05, 0) is 67.6 Å². The van der Waals surface area contributed by atoms with Crippen LogP contribution in [0, 0.1) is 0 Å². The summed E-state index contributed by atoms with van der Waals surface area (Å²) in [5.41, 5.74) is 1.96. The zero-order valence-electron chi connectivity index (χ0n) is 20.5. The van der Waals surface area contributed by atoms with Gasteiger partial charge in [-0.25, -0.2) is 4.79 Å². The highest BCUT2D eigenvalue weighted by atomic mass is 79.9. The number of thiazole rings is 1.